The van der Waals surface area contributed by atoms with Gasteiger partial charge in [0.25, 0.3) is 11.8 Å². The Morgan fingerprint density at radius 1 is 1.06 bits per heavy atom. The van der Waals surface area contributed by atoms with E-state index in [1.54, 1.807) is 42.5 Å². The van der Waals surface area contributed by atoms with E-state index in [0.29, 0.717) is 26.3 Å². The molecule has 160 valence electrons. The molecule has 2 aliphatic heterocycles. The van der Waals surface area contributed by atoms with Crippen LogP contribution in [0.1, 0.15) is 17.3 Å². The van der Waals surface area contributed by atoms with Crippen LogP contribution in [0.2, 0.25) is 10.0 Å². The SMILES string of the molecule is O=C1N=c2ccc(Cl)cc2=C1c1sc(=S)n(C2CC(=O)N(c3ccc(Cl)cc3)C2=O)c1O. The monoisotopic (exact) mass is 503 g/mol. The fraction of sp³-hybridized carbons (Fsp3) is 0.0952. The molecule has 2 aromatic carbocycles. The number of aromatic nitrogens is 1. The number of hydrogen-bond acceptors (Lipinski definition) is 6. The molecule has 1 aromatic heterocycles. The molecular weight excluding hydrogens is 493 g/mol. The van der Waals surface area contributed by atoms with Gasteiger partial charge in [-0.2, -0.15) is 0 Å². The van der Waals surface area contributed by atoms with Crippen molar-refractivity contribution in [3.05, 3.63) is 71.9 Å². The number of imide groups is 1. The Morgan fingerprint density at radius 3 is 2.47 bits per heavy atom. The normalized spacial score (nSPS) is 17.8. The molecule has 1 saturated heterocycles. The number of rotatable bonds is 3. The molecule has 0 bridgehead atoms. The second-order valence-corrected chi connectivity index (χ2v) is 9.62. The van der Waals surface area contributed by atoms with Crippen molar-refractivity contribution in [1.82, 2.24) is 4.57 Å². The number of aromatic hydroxyl groups is 1. The van der Waals surface area contributed by atoms with Crippen LogP contribution in [0.4, 0.5) is 5.69 Å². The maximum Gasteiger partial charge on any atom is 0.279 e. The second-order valence-electron chi connectivity index (χ2n) is 7.11. The predicted molar refractivity (Wildman–Crippen MR) is 122 cm³/mol. The molecule has 1 unspecified atom stereocenters. The van der Waals surface area contributed by atoms with Gasteiger partial charge < -0.3 is 5.11 Å². The average Bonchev–Trinajstić information content (AvgIpc) is 3.32. The number of thiazole rings is 1. The summed E-state index contributed by atoms with van der Waals surface area (Å²) in [5.74, 6) is -1.88. The minimum atomic E-state index is -1.04. The van der Waals surface area contributed by atoms with E-state index in [9.17, 15) is 19.5 Å². The third-order valence-electron chi connectivity index (χ3n) is 5.23. The fourth-order valence-electron chi connectivity index (χ4n) is 3.80. The van der Waals surface area contributed by atoms with E-state index in [-0.39, 0.29) is 26.7 Å². The summed E-state index contributed by atoms with van der Waals surface area (Å²) < 4.78 is 1.37. The van der Waals surface area contributed by atoms with Gasteiger partial charge in [-0.25, -0.2) is 9.89 Å². The number of fused-ring (bicyclic) bond motifs is 1. The minimum absolute atomic E-state index is 0.150. The molecule has 0 saturated carbocycles. The summed E-state index contributed by atoms with van der Waals surface area (Å²) in [6.45, 7) is 0. The van der Waals surface area contributed by atoms with Crippen molar-refractivity contribution in [1.29, 1.82) is 0 Å². The van der Waals surface area contributed by atoms with E-state index in [1.165, 1.54) is 4.57 Å². The first-order valence-corrected chi connectivity index (χ1v) is 11.2. The van der Waals surface area contributed by atoms with Crippen LogP contribution in [0.25, 0.3) is 5.57 Å². The number of halogens is 2. The maximum atomic E-state index is 13.1. The summed E-state index contributed by atoms with van der Waals surface area (Å²) in [4.78, 5) is 43.6. The Balaban J connectivity index is 1.61. The lowest BCUT2D eigenvalue weighted by atomic mass is 10.1. The summed E-state index contributed by atoms with van der Waals surface area (Å²) in [5, 5.41) is 12.8. The van der Waals surface area contributed by atoms with Gasteiger partial charge in [-0.3, -0.25) is 19.0 Å². The van der Waals surface area contributed by atoms with Crippen molar-refractivity contribution >= 4 is 75.7 Å². The summed E-state index contributed by atoms with van der Waals surface area (Å²) in [5.41, 5.74) is 0.525. The Hall–Kier alpha value is -2.85. The molecule has 11 heteroatoms. The van der Waals surface area contributed by atoms with Gasteiger partial charge in [-0.05, 0) is 54.7 Å². The molecule has 3 amide bonds. The van der Waals surface area contributed by atoms with Crippen LogP contribution >= 0.6 is 46.8 Å². The molecule has 32 heavy (non-hydrogen) atoms. The lowest BCUT2D eigenvalue weighted by Gasteiger charge is -2.16. The number of carbonyl (C=O) groups excluding carboxylic acids is 3. The summed E-state index contributed by atoms with van der Waals surface area (Å²) in [6.07, 6.45) is -0.185. The zero-order chi connectivity index (χ0) is 22.7. The molecule has 7 nitrogen and oxygen atoms in total. The lowest BCUT2D eigenvalue weighted by Crippen LogP contribution is -2.31. The van der Waals surface area contributed by atoms with E-state index in [2.05, 4.69) is 4.99 Å². The maximum absolute atomic E-state index is 13.1. The summed E-state index contributed by atoms with van der Waals surface area (Å²) in [7, 11) is 0. The first kappa shape index (κ1) is 21.0. The Labute approximate surface area is 199 Å². The number of hydrogen-bond donors (Lipinski definition) is 1. The fourth-order valence-corrected chi connectivity index (χ4v) is 5.54. The molecule has 3 heterocycles. The van der Waals surface area contributed by atoms with Gasteiger partial charge in [0.15, 0.2) is 3.95 Å². The zero-order valence-electron chi connectivity index (χ0n) is 15.9. The highest BCUT2D eigenvalue weighted by Crippen LogP contribution is 2.39. The number of amides is 3. The van der Waals surface area contributed by atoms with Crippen LogP contribution in [-0.4, -0.2) is 27.4 Å². The van der Waals surface area contributed by atoms with Gasteiger partial charge in [0.2, 0.25) is 11.8 Å². The molecule has 5 rings (SSSR count). The van der Waals surface area contributed by atoms with E-state index in [4.69, 9.17) is 35.4 Å². The average molecular weight is 504 g/mol. The molecule has 2 aliphatic rings. The molecule has 0 spiro atoms. The second kappa shape index (κ2) is 7.63. The minimum Gasteiger partial charge on any atom is -0.493 e. The summed E-state index contributed by atoms with van der Waals surface area (Å²) >= 11 is 18.3. The van der Waals surface area contributed by atoms with Gasteiger partial charge >= 0.3 is 0 Å². The highest BCUT2D eigenvalue weighted by Gasteiger charge is 2.43. The first-order valence-electron chi connectivity index (χ1n) is 9.26. The van der Waals surface area contributed by atoms with Crippen LogP contribution in [0.5, 0.6) is 5.88 Å². The Kier molecular flexibility index (Phi) is 5.01. The van der Waals surface area contributed by atoms with Crippen LogP contribution in [0.3, 0.4) is 0 Å². The molecular formula is C21H11Cl2N3O4S2. The third-order valence-corrected chi connectivity index (χ3v) is 7.12. The van der Waals surface area contributed by atoms with Crippen molar-refractivity contribution in [2.45, 2.75) is 12.5 Å². The molecule has 1 atom stereocenters. The van der Waals surface area contributed by atoms with E-state index >= 15 is 0 Å². The first-order chi connectivity index (χ1) is 15.3. The lowest BCUT2D eigenvalue weighted by molar-refractivity contribution is -0.122. The highest BCUT2D eigenvalue weighted by molar-refractivity contribution is 7.73. The van der Waals surface area contributed by atoms with Gasteiger partial charge in [0.05, 0.1) is 23.0 Å². The number of carbonyl (C=O) groups is 3. The van der Waals surface area contributed by atoms with E-state index < -0.39 is 23.8 Å². The number of benzene rings is 2. The predicted octanol–water partition coefficient (Wildman–Crippen LogP) is 3.15. The van der Waals surface area contributed by atoms with E-state index in [1.807, 2.05) is 0 Å². The molecule has 1 N–H and O–H groups in total. The number of nitrogens with zero attached hydrogens (tertiary/aromatic N) is 3. The van der Waals surface area contributed by atoms with Gasteiger partial charge in [0.1, 0.15) is 10.9 Å². The Morgan fingerprint density at radius 2 is 1.75 bits per heavy atom. The number of anilines is 1. The molecule has 1 fully saturated rings. The van der Waals surface area contributed by atoms with Crippen molar-refractivity contribution in [3.8, 4) is 5.88 Å². The van der Waals surface area contributed by atoms with Crippen molar-refractivity contribution in [3.63, 3.8) is 0 Å². The topological polar surface area (TPSA) is 92.0 Å². The van der Waals surface area contributed by atoms with Crippen LogP contribution in [0, 0.1) is 3.95 Å². The van der Waals surface area contributed by atoms with Gasteiger partial charge in [-0.1, -0.05) is 23.2 Å². The van der Waals surface area contributed by atoms with Crippen molar-refractivity contribution in [2.75, 3.05) is 4.90 Å². The van der Waals surface area contributed by atoms with Crippen LogP contribution < -0.4 is 15.5 Å². The van der Waals surface area contributed by atoms with Crippen LogP contribution in [0.15, 0.2) is 47.5 Å². The quantitative estimate of drug-likeness (QED) is 0.437. The van der Waals surface area contributed by atoms with Crippen molar-refractivity contribution in [2.24, 2.45) is 4.99 Å². The van der Waals surface area contributed by atoms with Gasteiger partial charge in [-0.15, -0.1) is 11.3 Å². The van der Waals surface area contributed by atoms with E-state index in [0.717, 1.165) is 16.2 Å². The molecule has 3 aromatic rings. The smallest absolute Gasteiger partial charge is 0.279 e. The highest BCUT2D eigenvalue weighted by atomic mass is 35.5. The standard InChI is InChI=1S/C21H11Cl2N3O4S2/c22-9-1-4-11(5-2-9)25-15(27)8-14(19(25)29)26-20(30)17(32-21(26)31)16-12-7-10(23)3-6-13(12)24-18(16)28/h1-7,14,30H,8H2. The van der Waals surface area contributed by atoms with Crippen LogP contribution in [-0.2, 0) is 14.4 Å². The van der Waals surface area contributed by atoms with Crippen molar-refractivity contribution < 1.29 is 19.5 Å². The Bertz CT molecular complexity index is 1530. The van der Waals surface area contributed by atoms with Gasteiger partial charge in [0, 0.05) is 15.3 Å². The molecule has 0 radical (unpaired) electrons. The largest absolute Gasteiger partial charge is 0.493 e. The third kappa shape index (κ3) is 3.20. The summed E-state index contributed by atoms with van der Waals surface area (Å²) in [6, 6.07) is 10.0. The molecule has 0 aliphatic carbocycles. The zero-order valence-corrected chi connectivity index (χ0v) is 19.1.